The quantitative estimate of drug-likeness (QED) is 0.770. The molecule has 1 saturated heterocycles. The van der Waals surface area contributed by atoms with E-state index in [0.717, 1.165) is 11.1 Å². The van der Waals surface area contributed by atoms with E-state index < -0.39 is 0 Å². The van der Waals surface area contributed by atoms with Crippen molar-refractivity contribution in [2.75, 3.05) is 13.2 Å². The second-order valence-electron chi connectivity index (χ2n) is 5.98. The molecule has 1 fully saturated rings. The highest BCUT2D eigenvalue weighted by Crippen LogP contribution is 2.20. The maximum absolute atomic E-state index is 12.7. The Morgan fingerprint density at radius 3 is 1.52 bits per heavy atom. The lowest BCUT2D eigenvalue weighted by Crippen LogP contribution is -2.21. The lowest BCUT2D eigenvalue weighted by molar-refractivity contribution is -0.114. The van der Waals surface area contributed by atoms with Gasteiger partial charge in [0, 0.05) is 11.1 Å². The summed E-state index contributed by atoms with van der Waals surface area (Å²) in [5.74, 6) is 0.0809. The van der Waals surface area contributed by atoms with Crippen molar-refractivity contribution in [3.05, 3.63) is 81.9 Å². The van der Waals surface area contributed by atoms with Gasteiger partial charge in [-0.2, -0.15) is 0 Å². The molecule has 0 aliphatic carbocycles. The molecule has 0 aromatic heterocycles. The molecule has 0 amide bonds. The van der Waals surface area contributed by atoms with E-state index in [9.17, 15) is 4.79 Å². The summed E-state index contributed by atoms with van der Waals surface area (Å²) in [6, 6.07) is 16.3. The van der Waals surface area contributed by atoms with Crippen molar-refractivity contribution < 1.29 is 9.53 Å². The monoisotopic (exact) mass is 304 g/mol. The third kappa shape index (κ3) is 3.85. The first kappa shape index (κ1) is 15.4. The Labute approximate surface area is 137 Å². The first-order chi connectivity index (χ1) is 11.1. The van der Waals surface area contributed by atoms with Crippen molar-refractivity contribution >= 4 is 17.9 Å². The Hall–Kier alpha value is -2.45. The average molecular weight is 304 g/mol. The SMILES string of the molecule is Cc1ccc(/C=C2\COC/C(=C\c3ccc(C)cc3)C2=O)cc1. The summed E-state index contributed by atoms with van der Waals surface area (Å²) in [6.07, 6.45) is 3.84. The molecule has 0 atom stereocenters. The van der Waals surface area contributed by atoms with Crippen LogP contribution in [-0.2, 0) is 9.53 Å². The van der Waals surface area contributed by atoms with Crippen molar-refractivity contribution in [3.8, 4) is 0 Å². The molecule has 2 nitrogen and oxygen atoms in total. The van der Waals surface area contributed by atoms with E-state index in [4.69, 9.17) is 4.74 Å². The number of rotatable bonds is 2. The van der Waals surface area contributed by atoms with Gasteiger partial charge in [0.05, 0.1) is 13.2 Å². The number of hydrogen-bond acceptors (Lipinski definition) is 2. The Morgan fingerprint density at radius 1 is 0.739 bits per heavy atom. The summed E-state index contributed by atoms with van der Waals surface area (Å²) in [4.78, 5) is 12.7. The number of carbonyl (C=O) groups is 1. The smallest absolute Gasteiger partial charge is 0.189 e. The predicted octanol–water partition coefficient (Wildman–Crippen LogP) is 4.37. The zero-order chi connectivity index (χ0) is 16.2. The fraction of sp³-hybridized carbons (Fsp3) is 0.190. The van der Waals surface area contributed by atoms with Gasteiger partial charge in [-0.15, -0.1) is 0 Å². The second-order valence-corrected chi connectivity index (χ2v) is 5.98. The van der Waals surface area contributed by atoms with E-state index in [-0.39, 0.29) is 5.78 Å². The number of Topliss-reactive ketones (excluding diaryl/α,β-unsaturated/α-hetero) is 1. The van der Waals surface area contributed by atoms with Gasteiger partial charge in [0.25, 0.3) is 0 Å². The first-order valence-corrected chi connectivity index (χ1v) is 7.79. The van der Waals surface area contributed by atoms with Gasteiger partial charge < -0.3 is 4.74 Å². The highest BCUT2D eigenvalue weighted by Gasteiger charge is 2.21. The molecule has 1 aliphatic heterocycles. The minimum absolute atomic E-state index is 0.0809. The number of aryl methyl sites for hydroxylation is 2. The van der Waals surface area contributed by atoms with Crippen molar-refractivity contribution in [2.24, 2.45) is 0 Å². The summed E-state index contributed by atoms with van der Waals surface area (Å²) in [5.41, 5.74) is 5.88. The van der Waals surface area contributed by atoms with Crippen molar-refractivity contribution in [2.45, 2.75) is 13.8 Å². The number of ether oxygens (including phenoxy) is 1. The van der Waals surface area contributed by atoms with Crippen molar-refractivity contribution in [1.82, 2.24) is 0 Å². The third-order valence-electron chi connectivity index (χ3n) is 3.93. The third-order valence-corrected chi connectivity index (χ3v) is 3.93. The van der Waals surface area contributed by atoms with Crippen LogP contribution in [0.2, 0.25) is 0 Å². The molecule has 2 heteroatoms. The topological polar surface area (TPSA) is 26.3 Å². The molecule has 1 aliphatic rings. The zero-order valence-corrected chi connectivity index (χ0v) is 13.5. The molecule has 2 aromatic rings. The van der Waals surface area contributed by atoms with Crippen LogP contribution in [0.5, 0.6) is 0 Å². The molecule has 23 heavy (non-hydrogen) atoms. The van der Waals surface area contributed by atoms with E-state index >= 15 is 0 Å². The predicted molar refractivity (Wildman–Crippen MR) is 94.1 cm³/mol. The van der Waals surface area contributed by atoms with Gasteiger partial charge in [-0.25, -0.2) is 0 Å². The van der Waals surface area contributed by atoms with Crippen LogP contribution in [0.4, 0.5) is 0 Å². The van der Waals surface area contributed by atoms with Gasteiger partial charge in [0.1, 0.15) is 0 Å². The molecule has 3 rings (SSSR count). The molecule has 0 radical (unpaired) electrons. The molecular formula is C21H20O2. The number of ketones is 1. The normalized spacial score (nSPS) is 18.6. The van der Waals surface area contributed by atoms with Crippen LogP contribution in [-0.4, -0.2) is 19.0 Å². The molecule has 0 N–H and O–H groups in total. The fourth-order valence-electron chi connectivity index (χ4n) is 2.55. The second kappa shape index (κ2) is 6.76. The number of benzene rings is 2. The van der Waals surface area contributed by atoms with Gasteiger partial charge in [0.2, 0.25) is 0 Å². The largest absolute Gasteiger partial charge is 0.372 e. The summed E-state index contributed by atoms with van der Waals surface area (Å²) < 4.78 is 5.60. The zero-order valence-electron chi connectivity index (χ0n) is 13.5. The lowest BCUT2D eigenvalue weighted by Gasteiger charge is -2.17. The van der Waals surface area contributed by atoms with Crippen LogP contribution >= 0.6 is 0 Å². The van der Waals surface area contributed by atoms with Gasteiger partial charge in [-0.3, -0.25) is 4.79 Å². The molecule has 2 aromatic carbocycles. The van der Waals surface area contributed by atoms with E-state index in [2.05, 4.69) is 0 Å². The molecule has 0 spiro atoms. The summed E-state index contributed by atoms with van der Waals surface area (Å²) >= 11 is 0. The summed E-state index contributed by atoms with van der Waals surface area (Å²) in [5, 5.41) is 0. The maximum Gasteiger partial charge on any atom is 0.189 e. The number of hydrogen-bond donors (Lipinski definition) is 0. The van der Waals surface area contributed by atoms with E-state index in [1.807, 2.05) is 74.5 Å². The standard InChI is InChI=1S/C21H20O2/c1-15-3-7-17(8-4-15)11-19-13-23-14-20(21(19)22)12-18-9-5-16(2)6-10-18/h3-12H,13-14H2,1-2H3/b19-11+,20-12+. The van der Waals surface area contributed by atoms with E-state index in [1.165, 1.54) is 11.1 Å². The van der Waals surface area contributed by atoms with Gasteiger partial charge in [0.15, 0.2) is 5.78 Å². The Kier molecular flexibility index (Phi) is 4.54. The Balaban J connectivity index is 1.86. The molecule has 0 unspecified atom stereocenters. The van der Waals surface area contributed by atoms with Gasteiger partial charge >= 0.3 is 0 Å². The van der Waals surface area contributed by atoms with Gasteiger partial charge in [-0.05, 0) is 37.1 Å². The molecule has 1 heterocycles. The van der Waals surface area contributed by atoms with Crippen LogP contribution in [0.25, 0.3) is 12.2 Å². The van der Waals surface area contributed by atoms with Crippen molar-refractivity contribution in [1.29, 1.82) is 0 Å². The van der Waals surface area contributed by atoms with Crippen LogP contribution in [0, 0.1) is 13.8 Å². The number of carbonyl (C=O) groups excluding carboxylic acids is 1. The molecule has 0 saturated carbocycles. The minimum Gasteiger partial charge on any atom is -0.372 e. The molecule has 116 valence electrons. The average Bonchev–Trinajstić information content (AvgIpc) is 2.55. The molecule has 0 bridgehead atoms. The minimum atomic E-state index is 0.0809. The Bertz CT molecular complexity index is 697. The lowest BCUT2D eigenvalue weighted by atomic mass is 9.97. The fourth-order valence-corrected chi connectivity index (χ4v) is 2.55. The van der Waals surface area contributed by atoms with Crippen molar-refractivity contribution in [3.63, 3.8) is 0 Å². The first-order valence-electron chi connectivity index (χ1n) is 7.79. The maximum atomic E-state index is 12.7. The highest BCUT2D eigenvalue weighted by atomic mass is 16.5. The molecular weight excluding hydrogens is 284 g/mol. The van der Waals surface area contributed by atoms with Crippen LogP contribution < -0.4 is 0 Å². The summed E-state index contributed by atoms with van der Waals surface area (Å²) in [7, 11) is 0. The van der Waals surface area contributed by atoms with E-state index in [0.29, 0.717) is 24.4 Å². The Morgan fingerprint density at radius 2 is 1.13 bits per heavy atom. The van der Waals surface area contributed by atoms with Crippen LogP contribution in [0.1, 0.15) is 22.3 Å². The van der Waals surface area contributed by atoms with Crippen LogP contribution in [0.3, 0.4) is 0 Å². The summed E-state index contributed by atoms with van der Waals surface area (Å²) in [6.45, 7) is 4.85. The highest BCUT2D eigenvalue weighted by molar-refractivity contribution is 6.14. The van der Waals surface area contributed by atoms with Crippen LogP contribution in [0.15, 0.2) is 59.7 Å². The van der Waals surface area contributed by atoms with Gasteiger partial charge in [-0.1, -0.05) is 59.7 Å². The van der Waals surface area contributed by atoms with E-state index in [1.54, 1.807) is 0 Å².